The van der Waals surface area contributed by atoms with Gasteiger partial charge >= 0.3 is 0 Å². The highest BCUT2D eigenvalue weighted by atomic mass is 15.3. The maximum atomic E-state index is 4.31. The molecule has 86 valence electrons. The van der Waals surface area contributed by atoms with Gasteiger partial charge in [0.2, 0.25) is 0 Å². The third-order valence-electron chi connectivity index (χ3n) is 2.70. The van der Waals surface area contributed by atoms with Crippen molar-refractivity contribution in [3.8, 4) is 0 Å². The molecule has 0 saturated heterocycles. The monoisotopic (exact) mass is 219 g/mol. The predicted octanol–water partition coefficient (Wildman–Crippen LogP) is 1.68. The van der Waals surface area contributed by atoms with Gasteiger partial charge in [-0.3, -0.25) is 9.78 Å². The second-order valence-electron chi connectivity index (χ2n) is 4.08. The maximum Gasteiger partial charge on any atom is 0.0825 e. The Bertz CT molecular complexity index is 475. The first kappa shape index (κ1) is 10.7. The van der Waals surface area contributed by atoms with E-state index in [-0.39, 0.29) is 0 Å². The number of aryl methyl sites for hydroxylation is 4. The summed E-state index contributed by atoms with van der Waals surface area (Å²) in [5, 5.41) is 14.8. The molecule has 0 unspecified atom stereocenters. The molecule has 0 aliphatic carbocycles. The smallest absolute Gasteiger partial charge is 0.0825 e. The third-order valence-corrected chi connectivity index (χ3v) is 2.70. The molecule has 0 spiro atoms. The molecule has 0 bridgehead atoms. The van der Waals surface area contributed by atoms with Gasteiger partial charge in [0.05, 0.1) is 22.8 Å². The summed E-state index contributed by atoms with van der Waals surface area (Å²) in [7, 11) is 1.94. The molecule has 0 saturated carbocycles. The number of hydrogen-bond acceptors (Lipinski definition) is 3. The molecule has 2 N–H and O–H groups in total. The quantitative estimate of drug-likeness (QED) is 0.825. The van der Waals surface area contributed by atoms with Gasteiger partial charge in [-0.2, -0.15) is 10.2 Å². The van der Waals surface area contributed by atoms with Gasteiger partial charge in [-0.1, -0.05) is 0 Å². The van der Waals surface area contributed by atoms with Crippen LogP contribution in [0.5, 0.6) is 0 Å². The fourth-order valence-electron chi connectivity index (χ4n) is 1.82. The largest absolute Gasteiger partial charge is 0.378 e. The average Bonchev–Trinajstić information content (AvgIpc) is 2.69. The standard InChI is InChI=1S/C11H17N5/c1-7-10(6-16(4)15-7)5-12-11-8(2)13-14-9(11)3/h6,12H,5H2,1-4H3,(H,13,14). The Kier molecular flexibility index (Phi) is 2.68. The molecule has 5 nitrogen and oxygen atoms in total. The summed E-state index contributed by atoms with van der Waals surface area (Å²) in [6.45, 7) is 6.80. The number of aromatic nitrogens is 4. The highest BCUT2D eigenvalue weighted by Crippen LogP contribution is 2.17. The summed E-state index contributed by atoms with van der Waals surface area (Å²) < 4.78 is 1.83. The number of H-pyrrole nitrogens is 1. The molecular weight excluding hydrogens is 202 g/mol. The molecule has 2 aromatic rings. The zero-order valence-electron chi connectivity index (χ0n) is 10.1. The van der Waals surface area contributed by atoms with E-state index in [1.54, 1.807) is 0 Å². The Morgan fingerprint density at radius 2 is 2.06 bits per heavy atom. The molecule has 2 aromatic heterocycles. The molecule has 0 aliphatic rings. The second-order valence-corrected chi connectivity index (χ2v) is 4.08. The molecule has 5 heteroatoms. The van der Waals surface area contributed by atoms with Gasteiger partial charge in [0.15, 0.2) is 0 Å². The van der Waals surface area contributed by atoms with E-state index in [4.69, 9.17) is 0 Å². The lowest BCUT2D eigenvalue weighted by Gasteiger charge is -2.05. The summed E-state index contributed by atoms with van der Waals surface area (Å²) in [5.74, 6) is 0. The highest BCUT2D eigenvalue weighted by Gasteiger charge is 2.07. The van der Waals surface area contributed by atoms with Crippen LogP contribution in [-0.2, 0) is 13.6 Å². The predicted molar refractivity (Wildman–Crippen MR) is 63.3 cm³/mol. The SMILES string of the molecule is Cc1nn(C)cc1CNc1c(C)n[nH]c1C. The van der Waals surface area contributed by atoms with Gasteiger partial charge in [-0.05, 0) is 20.8 Å². The van der Waals surface area contributed by atoms with E-state index >= 15 is 0 Å². The molecule has 0 radical (unpaired) electrons. The number of aromatic amines is 1. The zero-order valence-corrected chi connectivity index (χ0v) is 10.1. The molecule has 0 amide bonds. The van der Waals surface area contributed by atoms with Crippen LogP contribution in [0.1, 0.15) is 22.6 Å². The molecule has 0 aliphatic heterocycles. The van der Waals surface area contributed by atoms with Crippen LogP contribution < -0.4 is 5.32 Å². The van der Waals surface area contributed by atoms with Gasteiger partial charge in [0.1, 0.15) is 0 Å². The van der Waals surface area contributed by atoms with Crippen molar-refractivity contribution in [3.05, 3.63) is 28.8 Å². The van der Waals surface area contributed by atoms with Crippen LogP contribution in [0.2, 0.25) is 0 Å². The average molecular weight is 219 g/mol. The van der Waals surface area contributed by atoms with E-state index in [9.17, 15) is 0 Å². The van der Waals surface area contributed by atoms with E-state index in [0.717, 1.165) is 29.3 Å². The van der Waals surface area contributed by atoms with Crippen LogP contribution in [-0.4, -0.2) is 20.0 Å². The minimum atomic E-state index is 0.779. The van der Waals surface area contributed by atoms with Gasteiger partial charge in [-0.25, -0.2) is 0 Å². The third kappa shape index (κ3) is 1.93. The molecular formula is C11H17N5. The molecule has 0 aromatic carbocycles. The molecule has 0 fully saturated rings. The van der Waals surface area contributed by atoms with Crippen molar-refractivity contribution in [2.24, 2.45) is 7.05 Å². The summed E-state index contributed by atoms with van der Waals surface area (Å²) in [6, 6.07) is 0. The van der Waals surface area contributed by atoms with Crippen molar-refractivity contribution < 1.29 is 0 Å². The summed E-state index contributed by atoms with van der Waals surface area (Å²) in [4.78, 5) is 0. The number of nitrogens with one attached hydrogen (secondary N) is 2. The van der Waals surface area contributed by atoms with Crippen LogP contribution in [0, 0.1) is 20.8 Å². The lowest BCUT2D eigenvalue weighted by atomic mass is 10.2. The van der Waals surface area contributed by atoms with Crippen molar-refractivity contribution in [3.63, 3.8) is 0 Å². The number of anilines is 1. The molecule has 16 heavy (non-hydrogen) atoms. The molecule has 0 atom stereocenters. The van der Waals surface area contributed by atoms with Crippen molar-refractivity contribution >= 4 is 5.69 Å². The van der Waals surface area contributed by atoms with Crippen LogP contribution >= 0.6 is 0 Å². The lowest BCUT2D eigenvalue weighted by Crippen LogP contribution is -2.01. The normalized spacial score (nSPS) is 10.8. The van der Waals surface area contributed by atoms with Crippen molar-refractivity contribution in [2.75, 3.05) is 5.32 Å². The van der Waals surface area contributed by atoms with Crippen LogP contribution in [0.15, 0.2) is 6.20 Å². The minimum Gasteiger partial charge on any atom is -0.378 e. The fraction of sp³-hybridized carbons (Fsp3) is 0.455. The number of rotatable bonds is 3. The molecule has 2 rings (SSSR count). The Labute approximate surface area is 94.9 Å². The first-order valence-electron chi connectivity index (χ1n) is 5.32. The van der Waals surface area contributed by atoms with Crippen LogP contribution in [0.3, 0.4) is 0 Å². The van der Waals surface area contributed by atoms with Crippen LogP contribution in [0.4, 0.5) is 5.69 Å². The van der Waals surface area contributed by atoms with Crippen molar-refractivity contribution in [1.82, 2.24) is 20.0 Å². The van der Waals surface area contributed by atoms with E-state index < -0.39 is 0 Å². The van der Waals surface area contributed by atoms with Crippen molar-refractivity contribution in [1.29, 1.82) is 0 Å². The van der Waals surface area contributed by atoms with Gasteiger partial charge in [0.25, 0.3) is 0 Å². The summed E-state index contributed by atoms with van der Waals surface area (Å²) >= 11 is 0. The molecule has 2 heterocycles. The first-order chi connectivity index (χ1) is 7.58. The van der Waals surface area contributed by atoms with E-state index in [2.05, 4.69) is 20.6 Å². The highest BCUT2D eigenvalue weighted by molar-refractivity contribution is 5.51. The lowest BCUT2D eigenvalue weighted by molar-refractivity contribution is 0.756. The van der Waals surface area contributed by atoms with Crippen molar-refractivity contribution in [2.45, 2.75) is 27.3 Å². The summed E-state index contributed by atoms with van der Waals surface area (Å²) in [5.41, 5.74) is 5.43. The number of hydrogen-bond donors (Lipinski definition) is 2. The van der Waals surface area contributed by atoms with Gasteiger partial charge < -0.3 is 5.32 Å². The first-order valence-corrected chi connectivity index (χ1v) is 5.32. The minimum absolute atomic E-state index is 0.779. The van der Waals surface area contributed by atoms with E-state index in [1.807, 2.05) is 38.7 Å². The van der Waals surface area contributed by atoms with Gasteiger partial charge in [0, 0.05) is 25.4 Å². The maximum absolute atomic E-state index is 4.31. The van der Waals surface area contributed by atoms with Crippen LogP contribution in [0.25, 0.3) is 0 Å². The Morgan fingerprint density at radius 3 is 2.56 bits per heavy atom. The number of nitrogens with zero attached hydrogens (tertiary/aromatic N) is 3. The van der Waals surface area contributed by atoms with E-state index in [0.29, 0.717) is 0 Å². The van der Waals surface area contributed by atoms with Gasteiger partial charge in [-0.15, -0.1) is 0 Å². The Hall–Kier alpha value is -1.78. The fourth-order valence-corrected chi connectivity index (χ4v) is 1.82. The summed E-state index contributed by atoms with van der Waals surface area (Å²) in [6.07, 6.45) is 2.03. The zero-order chi connectivity index (χ0) is 11.7. The van der Waals surface area contributed by atoms with E-state index in [1.165, 1.54) is 5.56 Å². The topological polar surface area (TPSA) is 58.5 Å². The second kappa shape index (κ2) is 4.00. The Balaban J connectivity index is 2.11. The Morgan fingerprint density at radius 1 is 1.31 bits per heavy atom.